The predicted octanol–water partition coefficient (Wildman–Crippen LogP) is 6.24. The Hall–Kier alpha value is -2.45. The lowest BCUT2D eigenvalue weighted by Gasteiger charge is -2.17. The minimum Gasteiger partial charge on any atom is -0.481 e. The van der Waals surface area contributed by atoms with Crippen LogP contribution in [0.1, 0.15) is 13.3 Å². The molecule has 32 heavy (non-hydrogen) atoms. The van der Waals surface area contributed by atoms with Crippen molar-refractivity contribution in [3.05, 3.63) is 81.8 Å². The summed E-state index contributed by atoms with van der Waals surface area (Å²) in [5, 5.41) is 3.84. The number of benzene rings is 3. The van der Waals surface area contributed by atoms with E-state index in [1.807, 2.05) is 6.92 Å². The lowest BCUT2D eigenvalue weighted by molar-refractivity contribution is -0.122. The number of nitrogens with one attached hydrogen (secondary N) is 2. The van der Waals surface area contributed by atoms with Crippen LogP contribution in [0.2, 0.25) is 15.1 Å². The molecule has 6 nitrogen and oxygen atoms in total. The van der Waals surface area contributed by atoms with Crippen molar-refractivity contribution in [2.75, 3.05) is 10.0 Å². The van der Waals surface area contributed by atoms with E-state index in [9.17, 15) is 13.2 Å². The topological polar surface area (TPSA) is 84.5 Å². The van der Waals surface area contributed by atoms with Crippen LogP contribution in [-0.2, 0) is 14.8 Å². The van der Waals surface area contributed by atoms with Crippen molar-refractivity contribution >= 4 is 62.1 Å². The van der Waals surface area contributed by atoms with E-state index in [-0.39, 0.29) is 16.5 Å². The highest BCUT2D eigenvalue weighted by Crippen LogP contribution is 2.25. The Morgan fingerprint density at radius 3 is 2.16 bits per heavy atom. The van der Waals surface area contributed by atoms with Crippen LogP contribution < -0.4 is 14.8 Å². The molecule has 0 spiro atoms. The van der Waals surface area contributed by atoms with Crippen LogP contribution in [0.4, 0.5) is 11.4 Å². The SMILES string of the molecule is CC[C@H](Oc1cccc(Cl)c1)C(=O)Nc1ccc(S(=O)(=O)Nc2cc(Cl)cc(Cl)c2)cc1. The summed E-state index contributed by atoms with van der Waals surface area (Å²) in [5.41, 5.74) is 0.664. The minimum absolute atomic E-state index is 0.00816. The Bertz CT molecular complexity index is 1200. The predicted molar refractivity (Wildman–Crippen MR) is 129 cm³/mol. The smallest absolute Gasteiger partial charge is 0.265 e. The molecule has 0 aliphatic heterocycles. The summed E-state index contributed by atoms with van der Waals surface area (Å²) >= 11 is 17.8. The van der Waals surface area contributed by atoms with Crippen LogP contribution in [0.5, 0.6) is 5.75 Å². The van der Waals surface area contributed by atoms with Crippen LogP contribution in [0.15, 0.2) is 71.6 Å². The molecule has 168 valence electrons. The lowest BCUT2D eigenvalue weighted by Crippen LogP contribution is -2.32. The minimum atomic E-state index is -3.88. The molecular formula is C22H19Cl3N2O4S. The van der Waals surface area contributed by atoms with E-state index in [0.717, 1.165) is 0 Å². The maximum atomic E-state index is 12.6. The Kier molecular flexibility index (Phi) is 7.90. The molecule has 0 fully saturated rings. The number of halogens is 3. The molecule has 0 aliphatic rings. The van der Waals surface area contributed by atoms with Gasteiger partial charge in [0, 0.05) is 20.8 Å². The summed E-state index contributed by atoms with van der Waals surface area (Å²) in [6, 6.07) is 16.9. The number of sulfonamides is 1. The number of hydrogen-bond acceptors (Lipinski definition) is 4. The van der Waals surface area contributed by atoms with Crippen molar-refractivity contribution in [2.24, 2.45) is 0 Å². The molecule has 2 N–H and O–H groups in total. The molecule has 0 aliphatic carbocycles. The van der Waals surface area contributed by atoms with Gasteiger partial charge in [0.2, 0.25) is 0 Å². The standard InChI is InChI=1S/C22H19Cl3N2O4S/c1-2-21(31-19-5-3-4-14(23)13-19)22(28)26-17-6-8-20(9-7-17)32(29,30)27-18-11-15(24)10-16(25)12-18/h3-13,21,27H,2H2,1H3,(H,26,28)/t21-/m0/s1. The monoisotopic (exact) mass is 512 g/mol. The first-order chi connectivity index (χ1) is 15.2. The number of anilines is 2. The number of ether oxygens (including phenoxy) is 1. The zero-order chi connectivity index (χ0) is 23.3. The zero-order valence-electron chi connectivity index (χ0n) is 16.8. The van der Waals surface area contributed by atoms with Crippen LogP contribution in [0.25, 0.3) is 0 Å². The summed E-state index contributed by atoms with van der Waals surface area (Å²) in [6.07, 6.45) is -0.317. The summed E-state index contributed by atoms with van der Waals surface area (Å²) in [5.74, 6) is 0.114. The first-order valence-corrected chi connectivity index (χ1v) is 12.1. The lowest BCUT2D eigenvalue weighted by atomic mass is 10.2. The molecule has 0 saturated carbocycles. The Morgan fingerprint density at radius 1 is 0.906 bits per heavy atom. The fraction of sp³-hybridized carbons (Fsp3) is 0.136. The third kappa shape index (κ3) is 6.53. The van der Waals surface area contributed by atoms with Crippen LogP contribution in [0, 0.1) is 0 Å². The highest BCUT2D eigenvalue weighted by molar-refractivity contribution is 7.92. The van der Waals surface area contributed by atoms with Gasteiger partial charge in [0.1, 0.15) is 5.75 Å². The molecule has 3 aromatic rings. The van der Waals surface area contributed by atoms with Crippen molar-refractivity contribution in [3.8, 4) is 5.75 Å². The van der Waals surface area contributed by atoms with Gasteiger partial charge in [-0.2, -0.15) is 0 Å². The van der Waals surface area contributed by atoms with E-state index >= 15 is 0 Å². The molecule has 1 atom stereocenters. The maximum Gasteiger partial charge on any atom is 0.265 e. The first-order valence-electron chi connectivity index (χ1n) is 9.48. The average molecular weight is 514 g/mol. The van der Waals surface area contributed by atoms with E-state index in [2.05, 4.69) is 10.0 Å². The number of carbonyl (C=O) groups is 1. The van der Waals surface area contributed by atoms with Crippen molar-refractivity contribution in [1.29, 1.82) is 0 Å². The molecule has 0 aromatic heterocycles. The van der Waals surface area contributed by atoms with Gasteiger partial charge < -0.3 is 10.1 Å². The third-order valence-electron chi connectivity index (χ3n) is 4.28. The molecule has 0 heterocycles. The molecule has 0 bridgehead atoms. The van der Waals surface area contributed by atoms with Crippen LogP contribution in [-0.4, -0.2) is 20.4 Å². The summed E-state index contributed by atoms with van der Waals surface area (Å²) < 4.78 is 33.4. The largest absolute Gasteiger partial charge is 0.481 e. The maximum absolute atomic E-state index is 12.6. The van der Waals surface area contributed by atoms with Gasteiger partial charge in [0.25, 0.3) is 15.9 Å². The summed E-state index contributed by atoms with van der Waals surface area (Å²) in [7, 11) is -3.88. The van der Waals surface area contributed by atoms with E-state index in [4.69, 9.17) is 39.5 Å². The van der Waals surface area contributed by atoms with Gasteiger partial charge in [-0.3, -0.25) is 9.52 Å². The number of hydrogen-bond donors (Lipinski definition) is 2. The third-order valence-corrected chi connectivity index (χ3v) is 6.35. The Balaban J connectivity index is 1.68. The molecule has 3 aromatic carbocycles. The zero-order valence-corrected chi connectivity index (χ0v) is 19.9. The normalized spacial score (nSPS) is 12.1. The molecule has 0 unspecified atom stereocenters. The Labute approximate surface area is 201 Å². The molecule has 0 radical (unpaired) electrons. The molecular weight excluding hydrogens is 495 g/mol. The number of rotatable bonds is 8. The van der Waals surface area contributed by atoms with Crippen LogP contribution >= 0.6 is 34.8 Å². The molecule has 3 rings (SSSR count). The van der Waals surface area contributed by atoms with Crippen molar-refractivity contribution in [2.45, 2.75) is 24.3 Å². The first kappa shape index (κ1) is 24.2. The molecule has 10 heteroatoms. The quantitative estimate of drug-likeness (QED) is 0.373. The van der Waals surface area contributed by atoms with Crippen molar-refractivity contribution in [1.82, 2.24) is 0 Å². The van der Waals surface area contributed by atoms with Gasteiger partial charge >= 0.3 is 0 Å². The highest BCUT2D eigenvalue weighted by Gasteiger charge is 2.20. The van der Waals surface area contributed by atoms with E-state index in [1.165, 1.54) is 42.5 Å². The van der Waals surface area contributed by atoms with Gasteiger partial charge in [0.05, 0.1) is 10.6 Å². The highest BCUT2D eigenvalue weighted by atomic mass is 35.5. The second kappa shape index (κ2) is 10.4. The second-order valence-electron chi connectivity index (χ2n) is 6.75. The fourth-order valence-electron chi connectivity index (χ4n) is 2.79. The van der Waals surface area contributed by atoms with E-state index < -0.39 is 16.1 Å². The summed E-state index contributed by atoms with van der Waals surface area (Å²) in [6.45, 7) is 1.82. The molecule has 0 saturated heterocycles. The molecule has 1 amide bonds. The average Bonchev–Trinajstić information content (AvgIpc) is 2.71. The summed E-state index contributed by atoms with van der Waals surface area (Å²) in [4.78, 5) is 12.6. The number of amides is 1. The van der Waals surface area contributed by atoms with Crippen LogP contribution in [0.3, 0.4) is 0 Å². The Morgan fingerprint density at radius 2 is 1.56 bits per heavy atom. The van der Waals surface area contributed by atoms with Gasteiger partial charge in [-0.25, -0.2) is 8.42 Å². The van der Waals surface area contributed by atoms with Crippen molar-refractivity contribution in [3.63, 3.8) is 0 Å². The van der Waals surface area contributed by atoms with Gasteiger partial charge in [0.15, 0.2) is 6.10 Å². The number of carbonyl (C=O) groups excluding carboxylic acids is 1. The van der Waals surface area contributed by atoms with E-state index in [1.54, 1.807) is 24.3 Å². The fourth-order valence-corrected chi connectivity index (χ4v) is 4.54. The second-order valence-corrected chi connectivity index (χ2v) is 9.74. The van der Waals surface area contributed by atoms with Gasteiger partial charge in [-0.15, -0.1) is 0 Å². The van der Waals surface area contributed by atoms with E-state index in [0.29, 0.717) is 32.9 Å². The van der Waals surface area contributed by atoms with Gasteiger partial charge in [-0.05, 0) is 67.1 Å². The van der Waals surface area contributed by atoms with Crippen molar-refractivity contribution < 1.29 is 17.9 Å². The van der Waals surface area contributed by atoms with Gasteiger partial charge in [-0.1, -0.05) is 47.8 Å².